The van der Waals surface area contributed by atoms with Crippen molar-refractivity contribution in [1.29, 1.82) is 0 Å². The zero-order valence-corrected chi connectivity index (χ0v) is 28.4. The van der Waals surface area contributed by atoms with Crippen molar-refractivity contribution in [3.8, 4) is 0 Å². The number of aromatic nitrogens is 2. The van der Waals surface area contributed by atoms with Gasteiger partial charge in [0.1, 0.15) is 6.61 Å². The molecule has 7 heteroatoms. The summed E-state index contributed by atoms with van der Waals surface area (Å²) in [6, 6.07) is 0. The molecule has 44 heavy (non-hydrogen) atoms. The van der Waals surface area contributed by atoms with Crippen LogP contribution in [0.25, 0.3) is 0 Å². The normalized spacial score (nSPS) is 43.9. The molecule has 0 N–H and O–H groups in total. The highest BCUT2D eigenvalue weighted by Gasteiger charge is 2.72. The summed E-state index contributed by atoms with van der Waals surface area (Å²) < 4.78 is 13.1. The molecule has 5 aliphatic rings. The highest BCUT2D eigenvalue weighted by molar-refractivity contribution is 5.78. The van der Waals surface area contributed by atoms with Gasteiger partial charge in [-0.2, -0.15) is 5.10 Å². The van der Waals surface area contributed by atoms with Gasteiger partial charge in [0.2, 0.25) is 5.91 Å². The van der Waals surface area contributed by atoms with E-state index in [-0.39, 0.29) is 52.5 Å². The number of carbonyl (C=O) groups is 3. The number of fused-ring (bicyclic) bond motifs is 8. The van der Waals surface area contributed by atoms with E-state index in [0.717, 1.165) is 69.0 Å². The third-order valence-corrected chi connectivity index (χ3v) is 14.6. The van der Waals surface area contributed by atoms with Gasteiger partial charge in [-0.1, -0.05) is 39.8 Å². The van der Waals surface area contributed by atoms with Crippen molar-refractivity contribution in [3.05, 3.63) is 29.6 Å². The molecule has 0 spiro atoms. The minimum Gasteiger partial charge on any atom is -0.466 e. The molecule has 0 saturated heterocycles. The summed E-state index contributed by atoms with van der Waals surface area (Å²) in [6.07, 6.45) is 11.0. The Kier molecular flexibility index (Phi) is 7.37. The molecule has 1 aromatic rings. The Bertz CT molecular complexity index is 1400. The van der Waals surface area contributed by atoms with Crippen molar-refractivity contribution in [3.63, 3.8) is 0 Å². The molecule has 6 rings (SSSR count). The molecule has 242 valence electrons. The van der Waals surface area contributed by atoms with Crippen LogP contribution in [0.2, 0.25) is 0 Å². The number of allylic oxidation sites excluding steroid dienone is 1. The van der Waals surface area contributed by atoms with Gasteiger partial charge in [-0.3, -0.25) is 14.4 Å². The first-order valence-electron chi connectivity index (χ1n) is 17.1. The Morgan fingerprint density at radius 2 is 1.66 bits per heavy atom. The first-order valence-corrected chi connectivity index (χ1v) is 17.1. The largest absolute Gasteiger partial charge is 0.466 e. The topological polar surface area (TPSA) is 87.5 Å². The first kappa shape index (κ1) is 31.5. The maximum atomic E-state index is 13.8. The summed E-state index contributed by atoms with van der Waals surface area (Å²) in [5.41, 5.74) is 2.51. The van der Waals surface area contributed by atoms with Gasteiger partial charge in [-0.25, -0.2) is 4.68 Å². The van der Waals surface area contributed by atoms with Crippen LogP contribution in [0.1, 0.15) is 123 Å². The molecule has 0 aromatic carbocycles. The third kappa shape index (κ3) is 4.05. The molecule has 0 aliphatic heterocycles. The van der Waals surface area contributed by atoms with E-state index >= 15 is 0 Å². The van der Waals surface area contributed by atoms with Gasteiger partial charge in [0, 0.05) is 25.5 Å². The smallest absolute Gasteiger partial charge is 0.312 e. The summed E-state index contributed by atoms with van der Waals surface area (Å²) in [5, 5.41) is 4.83. The van der Waals surface area contributed by atoms with Crippen LogP contribution in [0, 0.1) is 51.2 Å². The van der Waals surface area contributed by atoms with Gasteiger partial charge in [0.25, 0.3) is 0 Å². The van der Waals surface area contributed by atoms with Crippen LogP contribution < -0.4 is 0 Å². The fourth-order valence-corrected chi connectivity index (χ4v) is 12.6. The molecule has 4 fully saturated rings. The van der Waals surface area contributed by atoms with E-state index in [0.29, 0.717) is 24.4 Å². The van der Waals surface area contributed by atoms with Gasteiger partial charge in [-0.15, -0.1) is 0 Å². The number of nitrogens with zero attached hydrogens (tertiary/aromatic N) is 2. The Morgan fingerprint density at radius 3 is 2.30 bits per heavy atom. The van der Waals surface area contributed by atoms with Crippen LogP contribution in [0.3, 0.4) is 0 Å². The van der Waals surface area contributed by atoms with Crippen molar-refractivity contribution < 1.29 is 23.9 Å². The molecule has 0 amide bonds. The monoisotopic (exact) mass is 606 g/mol. The summed E-state index contributed by atoms with van der Waals surface area (Å²) in [7, 11) is 0. The lowest BCUT2D eigenvalue weighted by Crippen LogP contribution is -2.67. The Labute approximate surface area is 263 Å². The third-order valence-electron chi connectivity index (χ3n) is 14.6. The van der Waals surface area contributed by atoms with Crippen LogP contribution in [0.4, 0.5) is 0 Å². The predicted molar refractivity (Wildman–Crippen MR) is 169 cm³/mol. The zero-order valence-electron chi connectivity index (χ0n) is 28.4. The summed E-state index contributed by atoms with van der Waals surface area (Å²) >= 11 is 0. The van der Waals surface area contributed by atoms with Crippen molar-refractivity contribution in [2.75, 3.05) is 13.2 Å². The van der Waals surface area contributed by atoms with Crippen LogP contribution >= 0.6 is 0 Å². The maximum absolute atomic E-state index is 13.8. The molecule has 1 heterocycles. The minimum atomic E-state index is -0.476. The molecule has 10 atom stereocenters. The summed E-state index contributed by atoms with van der Waals surface area (Å²) in [5.74, 6) is 1.46. The second-order valence-corrected chi connectivity index (χ2v) is 16.4. The van der Waals surface area contributed by atoms with Gasteiger partial charge in [0.15, 0.2) is 0 Å². The van der Waals surface area contributed by atoms with Gasteiger partial charge in [0.05, 0.1) is 17.7 Å². The van der Waals surface area contributed by atoms with E-state index in [1.807, 2.05) is 13.1 Å². The maximum Gasteiger partial charge on any atom is 0.312 e. The second kappa shape index (κ2) is 10.3. The van der Waals surface area contributed by atoms with E-state index in [1.54, 1.807) is 6.92 Å². The first-order chi connectivity index (χ1) is 20.6. The van der Waals surface area contributed by atoms with Crippen LogP contribution in [0.15, 0.2) is 18.3 Å². The lowest BCUT2D eigenvalue weighted by molar-refractivity contribution is -0.231. The van der Waals surface area contributed by atoms with Crippen LogP contribution in [-0.2, 0) is 30.9 Å². The Morgan fingerprint density at radius 1 is 0.932 bits per heavy atom. The van der Waals surface area contributed by atoms with E-state index in [9.17, 15) is 14.4 Å². The van der Waals surface area contributed by atoms with E-state index in [4.69, 9.17) is 14.6 Å². The van der Waals surface area contributed by atoms with Gasteiger partial charge >= 0.3 is 11.9 Å². The number of ether oxygens (including phenoxy) is 2. The van der Waals surface area contributed by atoms with E-state index < -0.39 is 10.8 Å². The average molecular weight is 607 g/mol. The molecule has 0 radical (unpaired) electrons. The molecular formula is C37H54N2O5. The van der Waals surface area contributed by atoms with Gasteiger partial charge in [-0.05, 0) is 123 Å². The minimum absolute atomic E-state index is 0.0299. The average Bonchev–Trinajstić information content (AvgIpc) is 3.56. The highest BCUT2D eigenvalue weighted by atomic mass is 16.5. The molecular weight excluding hydrogens is 552 g/mol. The number of hydrogen-bond donors (Lipinski definition) is 0. The fourth-order valence-electron chi connectivity index (χ4n) is 12.6. The second-order valence-electron chi connectivity index (χ2n) is 16.4. The van der Waals surface area contributed by atoms with Crippen molar-refractivity contribution >= 4 is 17.8 Å². The Hall–Kier alpha value is -2.44. The molecule has 0 bridgehead atoms. The lowest BCUT2D eigenvalue weighted by atomic mass is 9.32. The zero-order chi connectivity index (χ0) is 32.0. The van der Waals surface area contributed by atoms with Crippen LogP contribution in [-0.4, -0.2) is 40.8 Å². The molecule has 7 nitrogen and oxygen atoms in total. The van der Waals surface area contributed by atoms with Crippen molar-refractivity contribution in [2.45, 2.75) is 119 Å². The fraction of sp³-hybridized carbons (Fsp3) is 0.784. The number of carbonyl (C=O) groups excluding carboxylic acids is 3. The number of hydrogen-bond acceptors (Lipinski definition) is 6. The molecule has 4 saturated carbocycles. The predicted octanol–water partition coefficient (Wildman–Crippen LogP) is 7.32. The van der Waals surface area contributed by atoms with Gasteiger partial charge < -0.3 is 9.47 Å². The Balaban J connectivity index is 1.43. The van der Waals surface area contributed by atoms with Crippen LogP contribution in [0.5, 0.6) is 0 Å². The van der Waals surface area contributed by atoms with E-state index in [2.05, 4.69) is 41.2 Å². The lowest BCUT2D eigenvalue weighted by Gasteiger charge is -2.72. The quantitative estimate of drug-likeness (QED) is 0.258. The molecule has 0 unspecified atom stereocenters. The summed E-state index contributed by atoms with van der Waals surface area (Å²) in [6.45, 7) is 22.1. The van der Waals surface area contributed by atoms with Crippen molar-refractivity contribution in [1.82, 2.24) is 9.78 Å². The molecule has 5 aliphatic carbocycles. The summed E-state index contributed by atoms with van der Waals surface area (Å²) in [4.78, 5) is 38.4. The SMILES string of the molecule is C=C(C)[C@@H]1CC[C@]2(C(=O)OCC)CC[C@]3(C)[C@H](CC[C@@H]4[C@@]5(C)Cc6cn(C(C)=O)nc6[C@@](C)(COC(C)=O)[C@@H]5CC[C@]43C)[C@@H]12. The van der Waals surface area contributed by atoms with Crippen molar-refractivity contribution in [2.24, 2.45) is 51.2 Å². The van der Waals surface area contributed by atoms with E-state index in [1.165, 1.54) is 17.2 Å². The number of esters is 2. The highest BCUT2D eigenvalue weighted by Crippen LogP contribution is 2.77. The standard InChI is InChI=1S/C37H54N2O5/c1-10-43-32(42)37-16-13-26(22(2)3)30(37)27-11-12-29-33(6)19-25-20-39(23(4)40)38-31(25)34(7,21-44-24(5)41)28(33)14-15-36(29,9)35(27,8)17-18-37/h20,26-30H,2,10-19,21H2,1,3-9H3/t26-,27+,28+,29+,30+,33-,34-,35+,36+,37-/m0/s1. The molecule has 1 aromatic heterocycles. The number of rotatable bonds is 5.